The number of rotatable bonds is 2. The molecule has 0 heterocycles. The number of hydrogen-bond acceptors (Lipinski definition) is 1. The van der Waals surface area contributed by atoms with E-state index in [0.29, 0.717) is 21.5 Å². The minimum Gasteiger partial charge on any atom is -0.351 e. The van der Waals surface area contributed by atoms with E-state index in [-0.39, 0.29) is 5.41 Å². The molecule has 1 aromatic carbocycles. The Morgan fingerprint density at radius 2 is 1.86 bits per heavy atom. The summed E-state index contributed by atoms with van der Waals surface area (Å²) >= 11 is 6.39. The molecule has 3 nitrogen and oxygen atoms in total. The molecule has 3 N–H and O–H groups in total. The molecule has 0 aromatic heterocycles. The van der Waals surface area contributed by atoms with Crippen LogP contribution >= 0.6 is 11.6 Å². The highest BCUT2D eigenvalue weighted by atomic mass is 35.5. The van der Waals surface area contributed by atoms with Gasteiger partial charge in [-0.1, -0.05) is 31.5 Å². The summed E-state index contributed by atoms with van der Waals surface area (Å²) in [4.78, 5) is 11.0. The Morgan fingerprint density at radius 3 is 2.41 bits per heavy atom. The number of halogens is 1. The van der Waals surface area contributed by atoms with Gasteiger partial charge in [-0.25, -0.2) is 4.79 Å². The molecule has 22 heavy (non-hydrogen) atoms. The van der Waals surface area contributed by atoms with Crippen LogP contribution in [-0.4, -0.2) is 6.03 Å². The van der Waals surface area contributed by atoms with E-state index < -0.39 is 6.03 Å². The van der Waals surface area contributed by atoms with Gasteiger partial charge in [-0.05, 0) is 72.0 Å². The van der Waals surface area contributed by atoms with Crippen LogP contribution in [-0.2, 0) is 5.41 Å². The van der Waals surface area contributed by atoms with E-state index >= 15 is 0 Å². The lowest BCUT2D eigenvalue weighted by molar-refractivity contribution is 0.0848. The van der Waals surface area contributed by atoms with Gasteiger partial charge in [-0.3, -0.25) is 0 Å². The number of anilines is 1. The molecule has 2 unspecified atom stereocenters. The van der Waals surface area contributed by atoms with Crippen molar-refractivity contribution >= 4 is 23.3 Å². The van der Waals surface area contributed by atoms with Gasteiger partial charge in [-0.2, -0.15) is 0 Å². The standard InChI is InChI=1S/C18H23ClN2O/c1-16-6-12-7-17(2,8-16)10-18(12,9-16)11-3-4-14(13(19)5-11)21-15(20)22/h3-5,12H,6-10H2,1-2H3,(H3,20,21,22). The molecule has 0 spiro atoms. The van der Waals surface area contributed by atoms with E-state index in [9.17, 15) is 4.79 Å². The van der Waals surface area contributed by atoms with Gasteiger partial charge in [0.2, 0.25) is 0 Å². The Labute approximate surface area is 136 Å². The van der Waals surface area contributed by atoms with E-state index in [0.717, 1.165) is 5.92 Å². The van der Waals surface area contributed by atoms with Crippen LogP contribution in [0.1, 0.15) is 51.5 Å². The highest BCUT2D eigenvalue weighted by molar-refractivity contribution is 6.33. The normalized spacial score (nSPS) is 41.9. The summed E-state index contributed by atoms with van der Waals surface area (Å²) in [5.74, 6) is 0.780. The second kappa shape index (κ2) is 4.19. The van der Waals surface area contributed by atoms with Gasteiger partial charge in [-0.15, -0.1) is 0 Å². The smallest absolute Gasteiger partial charge is 0.316 e. The molecule has 0 saturated heterocycles. The van der Waals surface area contributed by atoms with Crippen LogP contribution in [0.4, 0.5) is 10.5 Å². The monoisotopic (exact) mass is 318 g/mol. The van der Waals surface area contributed by atoms with Crippen LogP contribution in [0.2, 0.25) is 5.02 Å². The molecule has 4 aliphatic rings. The minimum absolute atomic E-state index is 0.288. The van der Waals surface area contributed by atoms with E-state index in [1.165, 1.54) is 37.7 Å². The summed E-state index contributed by atoms with van der Waals surface area (Å²) in [7, 11) is 0. The first kappa shape index (κ1) is 14.4. The number of carbonyl (C=O) groups is 1. The highest BCUT2D eigenvalue weighted by Gasteiger charge is 2.66. The van der Waals surface area contributed by atoms with Crippen molar-refractivity contribution in [2.24, 2.45) is 22.5 Å². The van der Waals surface area contributed by atoms with Crippen molar-refractivity contribution in [1.82, 2.24) is 0 Å². The van der Waals surface area contributed by atoms with Gasteiger partial charge in [0.05, 0.1) is 10.7 Å². The fourth-order valence-electron chi connectivity index (χ4n) is 6.47. The van der Waals surface area contributed by atoms with Crippen molar-refractivity contribution in [1.29, 1.82) is 0 Å². The second-order valence-electron chi connectivity index (χ2n) is 8.60. The van der Waals surface area contributed by atoms with Crippen molar-refractivity contribution in [2.45, 2.75) is 51.4 Å². The number of amides is 2. The van der Waals surface area contributed by atoms with Gasteiger partial charge in [0, 0.05) is 0 Å². The minimum atomic E-state index is -0.575. The molecular formula is C18H23ClN2O. The predicted octanol–water partition coefficient (Wildman–Crippen LogP) is 4.69. The Bertz CT molecular complexity index is 653. The number of urea groups is 1. The Hall–Kier alpha value is -1.22. The number of hydrogen-bond donors (Lipinski definition) is 2. The molecule has 4 fully saturated rings. The maximum absolute atomic E-state index is 11.0. The first-order valence-corrected chi connectivity index (χ1v) is 8.48. The first-order chi connectivity index (χ1) is 10.2. The van der Waals surface area contributed by atoms with E-state index in [1.807, 2.05) is 6.07 Å². The summed E-state index contributed by atoms with van der Waals surface area (Å²) < 4.78 is 0. The number of nitrogens with two attached hydrogens (primary N) is 1. The van der Waals surface area contributed by atoms with Gasteiger partial charge in [0.25, 0.3) is 0 Å². The highest BCUT2D eigenvalue weighted by Crippen LogP contribution is 2.74. The average molecular weight is 319 g/mol. The third-order valence-corrected chi connectivity index (χ3v) is 6.71. The molecule has 4 aliphatic carbocycles. The molecule has 5 rings (SSSR count). The van der Waals surface area contributed by atoms with Crippen LogP contribution in [0.15, 0.2) is 18.2 Å². The molecule has 118 valence electrons. The topological polar surface area (TPSA) is 55.1 Å². The van der Waals surface area contributed by atoms with Crippen molar-refractivity contribution in [3.8, 4) is 0 Å². The summed E-state index contributed by atoms with van der Waals surface area (Å²) in [5, 5.41) is 3.18. The maximum atomic E-state index is 11.0. The zero-order valence-electron chi connectivity index (χ0n) is 13.2. The average Bonchev–Trinajstić information content (AvgIpc) is 2.70. The lowest BCUT2D eigenvalue weighted by atomic mass is 9.60. The quantitative estimate of drug-likeness (QED) is 0.816. The zero-order chi connectivity index (χ0) is 15.8. The SMILES string of the molecule is CC12CC3CC(C)(C1)CC3(c1ccc(NC(N)=O)c(Cl)c1)C2. The van der Waals surface area contributed by atoms with Crippen LogP contribution in [0.3, 0.4) is 0 Å². The summed E-state index contributed by atoms with van der Waals surface area (Å²) in [5.41, 5.74) is 8.41. The Kier molecular flexibility index (Phi) is 2.74. The summed E-state index contributed by atoms with van der Waals surface area (Å²) in [6.45, 7) is 4.92. The fraction of sp³-hybridized carbons (Fsp3) is 0.611. The molecule has 4 heteroatoms. The van der Waals surface area contributed by atoms with Gasteiger partial charge >= 0.3 is 6.03 Å². The molecule has 4 saturated carbocycles. The second-order valence-corrected chi connectivity index (χ2v) is 9.00. The molecule has 2 atom stereocenters. The number of carbonyl (C=O) groups excluding carboxylic acids is 1. The van der Waals surface area contributed by atoms with Crippen LogP contribution < -0.4 is 11.1 Å². The Balaban J connectivity index is 1.74. The first-order valence-electron chi connectivity index (χ1n) is 8.10. The van der Waals surface area contributed by atoms with E-state index in [2.05, 4.69) is 31.3 Å². The molecule has 0 aliphatic heterocycles. The predicted molar refractivity (Wildman–Crippen MR) is 89.1 cm³/mol. The third-order valence-electron chi connectivity index (χ3n) is 6.40. The number of benzene rings is 1. The van der Waals surface area contributed by atoms with Crippen molar-refractivity contribution in [3.63, 3.8) is 0 Å². The molecule has 2 amide bonds. The van der Waals surface area contributed by atoms with Gasteiger partial charge in [0.15, 0.2) is 0 Å². The lowest BCUT2D eigenvalue weighted by Crippen LogP contribution is -2.35. The largest absolute Gasteiger partial charge is 0.351 e. The van der Waals surface area contributed by atoms with Crippen LogP contribution in [0.25, 0.3) is 0 Å². The molecule has 4 bridgehead atoms. The van der Waals surface area contributed by atoms with Gasteiger partial charge < -0.3 is 11.1 Å². The van der Waals surface area contributed by atoms with Crippen molar-refractivity contribution < 1.29 is 4.79 Å². The summed E-state index contributed by atoms with van der Waals surface area (Å²) in [6, 6.07) is 5.53. The van der Waals surface area contributed by atoms with Crippen LogP contribution in [0.5, 0.6) is 0 Å². The molecule has 1 aromatic rings. The lowest BCUT2D eigenvalue weighted by Gasteiger charge is -2.44. The molecule has 0 radical (unpaired) electrons. The summed E-state index contributed by atoms with van der Waals surface area (Å²) in [6.07, 6.45) is 6.62. The van der Waals surface area contributed by atoms with Gasteiger partial charge in [0.1, 0.15) is 0 Å². The fourth-order valence-corrected chi connectivity index (χ4v) is 6.70. The third kappa shape index (κ3) is 1.91. The van der Waals surface area contributed by atoms with Crippen molar-refractivity contribution in [3.05, 3.63) is 28.8 Å². The van der Waals surface area contributed by atoms with E-state index in [4.69, 9.17) is 17.3 Å². The van der Waals surface area contributed by atoms with Crippen LogP contribution in [0, 0.1) is 16.7 Å². The Morgan fingerprint density at radius 1 is 1.23 bits per heavy atom. The maximum Gasteiger partial charge on any atom is 0.316 e. The number of primary amides is 1. The molecular weight excluding hydrogens is 296 g/mol. The van der Waals surface area contributed by atoms with E-state index in [1.54, 1.807) is 0 Å². The van der Waals surface area contributed by atoms with Crippen molar-refractivity contribution in [2.75, 3.05) is 5.32 Å². The number of nitrogens with one attached hydrogen (secondary N) is 1. The zero-order valence-corrected chi connectivity index (χ0v) is 14.0.